The van der Waals surface area contributed by atoms with Gasteiger partial charge in [-0.1, -0.05) is 29.8 Å². The highest BCUT2D eigenvalue weighted by molar-refractivity contribution is 7.91. The van der Waals surface area contributed by atoms with Gasteiger partial charge in [0, 0.05) is 25.8 Å². The van der Waals surface area contributed by atoms with Gasteiger partial charge in [-0.15, -0.1) is 11.3 Å². The van der Waals surface area contributed by atoms with Crippen LogP contribution in [0.2, 0.25) is 4.34 Å². The van der Waals surface area contributed by atoms with E-state index in [9.17, 15) is 8.42 Å². The van der Waals surface area contributed by atoms with Gasteiger partial charge >= 0.3 is 0 Å². The summed E-state index contributed by atoms with van der Waals surface area (Å²) in [7, 11) is -1.45. The molecule has 0 aliphatic rings. The summed E-state index contributed by atoms with van der Waals surface area (Å²) in [4.78, 5) is 2.09. The highest BCUT2D eigenvalue weighted by atomic mass is 35.5. The summed E-state index contributed by atoms with van der Waals surface area (Å²) in [6.07, 6.45) is 0.726. The predicted octanol–water partition coefficient (Wildman–Crippen LogP) is 3.21. The molecule has 4 nitrogen and oxygen atoms in total. The van der Waals surface area contributed by atoms with Gasteiger partial charge in [0.2, 0.25) is 10.0 Å². The lowest BCUT2D eigenvalue weighted by Crippen LogP contribution is -2.27. The zero-order valence-electron chi connectivity index (χ0n) is 11.6. The Morgan fingerprint density at radius 3 is 2.52 bits per heavy atom. The highest BCUT2D eigenvalue weighted by Gasteiger charge is 2.15. The van der Waals surface area contributed by atoms with Crippen LogP contribution in [0.15, 0.2) is 46.7 Å². The Morgan fingerprint density at radius 2 is 1.90 bits per heavy atom. The van der Waals surface area contributed by atoms with Crippen LogP contribution in [-0.2, 0) is 10.0 Å². The number of anilines is 1. The minimum atomic E-state index is -3.44. The molecular weight excluding hydrogens is 328 g/mol. The third-order valence-corrected chi connectivity index (χ3v) is 6.16. The molecule has 0 spiro atoms. The van der Waals surface area contributed by atoms with Crippen LogP contribution in [-0.4, -0.2) is 28.6 Å². The number of nitrogens with zero attached hydrogens (tertiary/aromatic N) is 1. The molecule has 0 unspecified atom stereocenters. The number of para-hydroxylation sites is 1. The van der Waals surface area contributed by atoms with Crippen molar-refractivity contribution in [2.45, 2.75) is 10.6 Å². The first-order valence-corrected chi connectivity index (χ1v) is 9.18. The first kappa shape index (κ1) is 16.3. The molecule has 0 saturated heterocycles. The van der Waals surface area contributed by atoms with Gasteiger partial charge in [-0.05, 0) is 30.7 Å². The van der Waals surface area contributed by atoms with E-state index in [0.717, 1.165) is 30.0 Å². The van der Waals surface area contributed by atoms with Crippen LogP contribution in [0.3, 0.4) is 0 Å². The topological polar surface area (TPSA) is 49.4 Å². The molecule has 114 valence electrons. The number of hydrogen-bond acceptors (Lipinski definition) is 4. The average Bonchev–Trinajstić information content (AvgIpc) is 2.92. The third-order valence-electron chi connectivity index (χ3n) is 2.97. The van der Waals surface area contributed by atoms with E-state index in [1.54, 1.807) is 6.07 Å². The molecule has 0 radical (unpaired) electrons. The van der Waals surface area contributed by atoms with Crippen molar-refractivity contribution in [2.24, 2.45) is 0 Å². The summed E-state index contributed by atoms with van der Waals surface area (Å²) in [6.45, 7) is 1.17. The maximum atomic E-state index is 12.0. The number of benzene rings is 1. The molecule has 0 bridgehead atoms. The number of halogens is 1. The molecule has 1 N–H and O–H groups in total. The van der Waals surface area contributed by atoms with Crippen LogP contribution in [0.4, 0.5) is 5.69 Å². The second kappa shape index (κ2) is 7.26. The zero-order valence-corrected chi connectivity index (χ0v) is 14.0. The van der Waals surface area contributed by atoms with Gasteiger partial charge in [-0.25, -0.2) is 13.1 Å². The minimum Gasteiger partial charge on any atom is -0.375 e. The van der Waals surface area contributed by atoms with Crippen molar-refractivity contribution in [3.05, 3.63) is 46.8 Å². The van der Waals surface area contributed by atoms with E-state index in [4.69, 9.17) is 11.6 Å². The first-order chi connectivity index (χ1) is 9.99. The Bertz CT molecular complexity index is 671. The van der Waals surface area contributed by atoms with Crippen LogP contribution < -0.4 is 9.62 Å². The maximum Gasteiger partial charge on any atom is 0.250 e. The van der Waals surface area contributed by atoms with Gasteiger partial charge < -0.3 is 4.90 Å². The van der Waals surface area contributed by atoms with Crippen LogP contribution >= 0.6 is 22.9 Å². The summed E-state index contributed by atoms with van der Waals surface area (Å²) in [5, 5.41) is 0. The number of sulfonamides is 1. The molecule has 0 aliphatic heterocycles. The Morgan fingerprint density at radius 1 is 1.19 bits per heavy atom. The van der Waals surface area contributed by atoms with Crippen LogP contribution in [0, 0.1) is 0 Å². The maximum absolute atomic E-state index is 12.0. The predicted molar refractivity (Wildman–Crippen MR) is 88.8 cm³/mol. The molecule has 1 aromatic heterocycles. The molecular formula is C14H17ClN2O2S2. The highest BCUT2D eigenvalue weighted by Crippen LogP contribution is 2.25. The van der Waals surface area contributed by atoms with Crippen molar-refractivity contribution < 1.29 is 8.42 Å². The minimum absolute atomic E-state index is 0.254. The van der Waals surface area contributed by atoms with Gasteiger partial charge in [0.25, 0.3) is 0 Å². The molecule has 0 fully saturated rings. The molecule has 2 aromatic rings. The summed E-state index contributed by atoms with van der Waals surface area (Å²) in [5.74, 6) is 0. The summed E-state index contributed by atoms with van der Waals surface area (Å²) < 4.78 is 27.3. The monoisotopic (exact) mass is 344 g/mol. The summed E-state index contributed by atoms with van der Waals surface area (Å²) in [5.41, 5.74) is 1.12. The normalized spacial score (nSPS) is 11.5. The van der Waals surface area contributed by atoms with E-state index in [-0.39, 0.29) is 4.21 Å². The van der Waals surface area contributed by atoms with Crippen molar-refractivity contribution >= 4 is 38.6 Å². The number of hydrogen-bond donors (Lipinski definition) is 1. The van der Waals surface area contributed by atoms with Crippen molar-refractivity contribution in [1.29, 1.82) is 0 Å². The molecule has 1 heterocycles. The Labute approximate surface area is 134 Å². The number of rotatable bonds is 7. The van der Waals surface area contributed by atoms with Gasteiger partial charge in [-0.2, -0.15) is 0 Å². The summed E-state index contributed by atoms with van der Waals surface area (Å²) >= 11 is 6.82. The molecule has 2 rings (SSSR count). The molecule has 7 heteroatoms. The molecule has 0 atom stereocenters. The first-order valence-electron chi connectivity index (χ1n) is 6.50. The lowest BCUT2D eigenvalue weighted by atomic mass is 10.3. The fraction of sp³-hybridized carbons (Fsp3) is 0.286. The second-order valence-electron chi connectivity index (χ2n) is 4.57. The Hall–Kier alpha value is -1.08. The van der Waals surface area contributed by atoms with Crippen molar-refractivity contribution in [3.63, 3.8) is 0 Å². The van der Waals surface area contributed by atoms with E-state index in [2.05, 4.69) is 9.62 Å². The molecule has 0 saturated carbocycles. The number of nitrogens with one attached hydrogen (secondary N) is 1. The van der Waals surface area contributed by atoms with E-state index in [0.29, 0.717) is 10.9 Å². The second-order valence-corrected chi connectivity index (χ2v) is 8.28. The lowest BCUT2D eigenvalue weighted by molar-refractivity contribution is 0.581. The Kier molecular flexibility index (Phi) is 5.64. The van der Waals surface area contributed by atoms with E-state index in [1.807, 2.05) is 37.4 Å². The van der Waals surface area contributed by atoms with Gasteiger partial charge in [-0.3, -0.25) is 0 Å². The van der Waals surface area contributed by atoms with Gasteiger partial charge in [0.05, 0.1) is 4.34 Å². The quantitative estimate of drug-likeness (QED) is 0.785. The van der Waals surface area contributed by atoms with Gasteiger partial charge in [0.1, 0.15) is 4.21 Å². The molecule has 0 aliphatic carbocycles. The van der Waals surface area contributed by atoms with E-state index in [1.165, 1.54) is 6.07 Å². The fourth-order valence-corrected chi connectivity index (χ4v) is 4.45. The lowest BCUT2D eigenvalue weighted by Gasteiger charge is -2.19. The standard InChI is InChI=1S/C14H17ClN2O2S2/c1-17(12-6-3-2-4-7-12)11-5-10-16-21(18,19)14-9-8-13(15)20-14/h2-4,6-9,16H,5,10-11H2,1H3. The fourth-order valence-electron chi connectivity index (χ4n) is 1.85. The van der Waals surface area contributed by atoms with E-state index >= 15 is 0 Å². The van der Waals surface area contributed by atoms with Crippen LogP contribution in [0.5, 0.6) is 0 Å². The Balaban J connectivity index is 1.80. The van der Waals surface area contributed by atoms with E-state index < -0.39 is 10.0 Å². The molecule has 1 aromatic carbocycles. The average molecular weight is 345 g/mol. The van der Waals surface area contributed by atoms with Crippen LogP contribution in [0.1, 0.15) is 6.42 Å². The molecule has 0 amide bonds. The van der Waals surface area contributed by atoms with Crippen molar-refractivity contribution in [2.75, 3.05) is 25.0 Å². The largest absolute Gasteiger partial charge is 0.375 e. The molecule has 21 heavy (non-hydrogen) atoms. The van der Waals surface area contributed by atoms with Gasteiger partial charge in [0.15, 0.2) is 0 Å². The number of thiophene rings is 1. The zero-order chi connectivity index (χ0) is 15.3. The van der Waals surface area contributed by atoms with Crippen molar-refractivity contribution in [3.8, 4) is 0 Å². The van der Waals surface area contributed by atoms with Crippen LogP contribution in [0.25, 0.3) is 0 Å². The third kappa shape index (κ3) is 4.71. The smallest absolute Gasteiger partial charge is 0.250 e. The summed E-state index contributed by atoms with van der Waals surface area (Å²) in [6, 6.07) is 13.1. The van der Waals surface area contributed by atoms with Crippen molar-refractivity contribution in [1.82, 2.24) is 4.72 Å². The SMILES string of the molecule is CN(CCCNS(=O)(=O)c1ccc(Cl)s1)c1ccccc1.